The molecule has 39 heavy (non-hydrogen) atoms. The molecule has 5 rings (SSSR count). The fourth-order valence-electron chi connectivity index (χ4n) is 6.19. The molecular weight excluding hydrogens is 492 g/mol. The Morgan fingerprint density at radius 2 is 1.54 bits per heavy atom. The van der Waals surface area contributed by atoms with Crippen molar-refractivity contribution in [3.63, 3.8) is 0 Å². The van der Waals surface area contributed by atoms with Gasteiger partial charge in [-0.2, -0.15) is 0 Å². The quantitative estimate of drug-likeness (QED) is 0.380. The van der Waals surface area contributed by atoms with E-state index in [0.717, 1.165) is 23.1 Å². The van der Waals surface area contributed by atoms with Gasteiger partial charge in [0.05, 0.1) is 24.1 Å². The van der Waals surface area contributed by atoms with Crippen LogP contribution in [0.15, 0.2) is 72.8 Å². The molecule has 3 aromatic rings. The summed E-state index contributed by atoms with van der Waals surface area (Å²) in [4.78, 5) is 43.1. The van der Waals surface area contributed by atoms with Gasteiger partial charge < -0.3 is 9.84 Å². The van der Waals surface area contributed by atoms with E-state index in [1.807, 2.05) is 63.2 Å². The topological polar surface area (TPSA) is 95.9 Å². The van der Waals surface area contributed by atoms with Crippen LogP contribution in [-0.4, -0.2) is 29.5 Å². The first kappa shape index (κ1) is 26.6. The van der Waals surface area contributed by atoms with E-state index in [1.165, 1.54) is 4.90 Å². The Hall–Kier alpha value is -3.97. The molecule has 0 spiro atoms. The molecule has 3 aromatic carbocycles. The highest BCUT2D eigenvalue weighted by Gasteiger charge is 2.69. The molecule has 0 bridgehead atoms. The first-order valence-corrected chi connectivity index (χ1v) is 13.7. The average Bonchev–Trinajstić information content (AvgIpc) is 3.46. The summed E-state index contributed by atoms with van der Waals surface area (Å²) in [5, 5.41) is 14.1. The van der Waals surface area contributed by atoms with Gasteiger partial charge in [-0.25, -0.2) is 9.69 Å². The highest BCUT2D eigenvalue weighted by molar-refractivity contribution is 6.25. The van der Waals surface area contributed by atoms with Crippen LogP contribution in [-0.2, 0) is 32.8 Å². The largest absolute Gasteiger partial charge is 0.494 e. The van der Waals surface area contributed by atoms with Crippen molar-refractivity contribution in [3.8, 4) is 5.75 Å². The number of aliphatic carboxylic acids is 1. The van der Waals surface area contributed by atoms with Crippen molar-refractivity contribution in [3.05, 3.63) is 95.1 Å². The maximum absolute atomic E-state index is 14.4. The number of rotatable bonds is 9. The molecule has 2 fully saturated rings. The molecule has 202 valence electrons. The number of anilines is 1. The van der Waals surface area contributed by atoms with Gasteiger partial charge in [-0.3, -0.25) is 14.9 Å². The van der Waals surface area contributed by atoms with E-state index in [4.69, 9.17) is 4.74 Å². The van der Waals surface area contributed by atoms with Crippen LogP contribution in [0.1, 0.15) is 55.5 Å². The minimum Gasteiger partial charge on any atom is -0.494 e. The van der Waals surface area contributed by atoms with Gasteiger partial charge in [-0.1, -0.05) is 81.4 Å². The summed E-state index contributed by atoms with van der Waals surface area (Å²) >= 11 is 0. The average molecular weight is 527 g/mol. The predicted molar refractivity (Wildman–Crippen MR) is 149 cm³/mol. The van der Waals surface area contributed by atoms with Gasteiger partial charge >= 0.3 is 5.97 Å². The van der Waals surface area contributed by atoms with E-state index in [0.29, 0.717) is 36.4 Å². The number of para-hydroxylation sites is 1. The van der Waals surface area contributed by atoms with Crippen molar-refractivity contribution in [1.29, 1.82) is 0 Å². The highest BCUT2D eigenvalue weighted by atomic mass is 16.5. The summed E-state index contributed by atoms with van der Waals surface area (Å²) in [5.41, 5.74) is 1.78. The van der Waals surface area contributed by atoms with Crippen LogP contribution in [0.2, 0.25) is 0 Å². The van der Waals surface area contributed by atoms with Crippen LogP contribution in [0.5, 0.6) is 5.75 Å². The Bertz CT molecular complexity index is 1370. The Labute approximate surface area is 228 Å². The SMILES string of the molecule is CCCOc1ccc(C2NC(C(=O)O)(c3ccccc3)C3C(=O)N(c4c(CC)cccc4CC)C(=O)C23)cc1. The lowest BCUT2D eigenvalue weighted by Gasteiger charge is -2.32. The number of hydrogen-bond donors (Lipinski definition) is 2. The van der Waals surface area contributed by atoms with Crippen molar-refractivity contribution in [2.24, 2.45) is 11.8 Å². The van der Waals surface area contributed by atoms with Crippen molar-refractivity contribution in [2.45, 2.75) is 51.6 Å². The third-order valence-electron chi connectivity index (χ3n) is 8.03. The fourth-order valence-corrected chi connectivity index (χ4v) is 6.19. The predicted octanol–water partition coefficient (Wildman–Crippen LogP) is 5.03. The Balaban J connectivity index is 1.68. The van der Waals surface area contributed by atoms with Crippen molar-refractivity contribution < 1.29 is 24.2 Å². The number of nitrogens with zero attached hydrogens (tertiary/aromatic N) is 1. The van der Waals surface area contributed by atoms with Gasteiger partial charge in [0.25, 0.3) is 0 Å². The molecule has 2 saturated heterocycles. The standard InChI is InChI=1S/C32H34N2O5/c1-4-19-39-24-17-15-22(16-18-24)27-25-26(32(33-27,31(37)38)23-13-8-7-9-14-23)30(36)34(29(25)35)28-20(5-2)11-10-12-21(28)6-3/h7-18,25-27,33H,4-6,19H2,1-3H3,(H,37,38). The van der Waals surface area contributed by atoms with Gasteiger partial charge in [0.1, 0.15) is 5.75 Å². The summed E-state index contributed by atoms with van der Waals surface area (Å²) < 4.78 is 5.73. The number of fused-ring (bicyclic) bond motifs is 1. The lowest BCUT2D eigenvalue weighted by Crippen LogP contribution is -2.53. The third kappa shape index (κ3) is 4.21. The number of ether oxygens (including phenoxy) is 1. The Morgan fingerprint density at radius 3 is 2.10 bits per heavy atom. The zero-order valence-electron chi connectivity index (χ0n) is 22.5. The molecule has 7 heteroatoms. The molecule has 2 aliphatic rings. The molecule has 0 aliphatic carbocycles. The molecule has 2 aliphatic heterocycles. The second kappa shape index (κ2) is 10.7. The molecule has 2 N–H and O–H groups in total. The van der Waals surface area contributed by atoms with E-state index < -0.39 is 35.3 Å². The number of nitrogens with one attached hydrogen (secondary N) is 1. The summed E-state index contributed by atoms with van der Waals surface area (Å²) in [6, 6.07) is 21.2. The van der Waals surface area contributed by atoms with Gasteiger partial charge in [0.15, 0.2) is 5.54 Å². The lowest BCUT2D eigenvalue weighted by molar-refractivity contribution is -0.149. The highest BCUT2D eigenvalue weighted by Crippen LogP contribution is 2.54. The van der Waals surface area contributed by atoms with Crippen LogP contribution < -0.4 is 15.0 Å². The van der Waals surface area contributed by atoms with Crippen molar-refractivity contribution in [1.82, 2.24) is 5.32 Å². The fraction of sp³-hybridized carbons (Fsp3) is 0.344. The monoisotopic (exact) mass is 526 g/mol. The van der Waals surface area contributed by atoms with Gasteiger partial charge in [-0.05, 0) is 53.6 Å². The second-order valence-corrected chi connectivity index (χ2v) is 10.2. The molecular formula is C32H34N2O5. The van der Waals surface area contributed by atoms with Crippen molar-refractivity contribution in [2.75, 3.05) is 11.5 Å². The summed E-state index contributed by atoms with van der Waals surface area (Å²) in [7, 11) is 0. The Morgan fingerprint density at radius 1 is 0.897 bits per heavy atom. The molecule has 4 atom stereocenters. The molecule has 7 nitrogen and oxygen atoms in total. The molecule has 0 saturated carbocycles. The number of carboxylic acids is 1. The lowest BCUT2D eigenvalue weighted by atomic mass is 9.75. The van der Waals surface area contributed by atoms with E-state index in [9.17, 15) is 19.5 Å². The number of amides is 2. The summed E-state index contributed by atoms with van der Waals surface area (Å²) in [5.74, 6) is -3.36. The second-order valence-electron chi connectivity index (χ2n) is 10.2. The maximum Gasteiger partial charge on any atom is 0.329 e. The zero-order valence-corrected chi connectivity index (χ0v) is 22.5. The van der Waals surface area contributed by atoms with Crippen LogP contribution in [0.3, 0.4) is 0 Å². The number of hydrogen-bond acceptors (Lipinski definition) is 5. The zero-order chi connectivity index (χ0) is 27.7. The molecule has 0 radical (unpaired) electrons. The van der Waals surface area contributed by atoms with Crippen LogP contribution in [0.25, 0.3) is 0 Å². The van der Waals surface area contributed by atoms with Crippen LogP contribution in [0.4, 0.5) is 5.69 Å². The number of carboxylic acid groups (broad SMARTS) is 1. The van der Waals surface area contributed by atoms with E-state index >= 15 is 0 Å². The van der Waals surface area contributed by atoms with Crippen LogP contribution >= 0.6 is 0 Å². The minimum absolute atomic E-state index is 0.372. The van der Waals surface area contributed by atoms with E-state index in [-0.39, 0.29) is 5.91 Å². The molecule has 2 amide bonds. The number of carbonyl (C=O) groups excluding carboxylic acids is 2. The minimum atomic E-state index is -1.77. The number of benzene rings is 3. The van der Waals surface area contributed by atoms with E-state index in [1.54, 1.807) is 30.3 Å². The Kier molecular flexibility index (Phi) is 7.28. The first-order valence-electron chi connectivity index (χ1n) is 13.7. The van der Waals surface area contributed by atoms with Gasteiger partial charge in [0, 0.05) is 6.04 Å². The summed E-state index contributed by atoms with van der Waals surface area (Å²) in [6.45, 7) is 6.59. The normalized spacial score (nSPS) is 24.2. The van der Waals surface area contributed by atoms with E-state index in [2.05, 4.69) is 5.32 Å². The third-order valence-corrected chi connectivity index (χ3v) is 8.03. The van der Waals surface area contributed by atoms with Crippen LogP contribution in [0, 0.1) is 11.8 Å². The van der Waals surface area contributed by atoms with Gasteiger partial charge in [-0.15, -0.1) is 0 Å². The number of carbonyl (C=O) groups is 3. The smallest absolute Gasteiger partial charge is 0.329 e. The maximum atomic E-state index is 14.4. The summed E-state index contributed by atoms with van der Waals surface area (Å²) in [6.07, 6.45) is 2.15. The van der Waals surface area contributed by atoms with Gasteiger partial charge in [0.2, 0.25) is 11.8 Å². The molecule has 0 aromatic heterocycles. The first-order chi connectivity index (χ1) is 18.9. The number of imide groups is 1. The molecule has 4 unspecified atom stereocenters. The molecule has 2 heterocycles. The number of aryl methyl sites for hydroxylation is 2. The van der Waals surface area contributed by atoms with Crippen molar-refractivity contribution >= 4 is 23.5 Å².